The van der Waals surface area contributed by atoms with E-state index < -0.39 is 0 Å². The van der Waals surface area contributed by atoms with Crippen LogP contribution in [-0.2, 0) is 0 Å². The molecular weight excluding hydrogens is 216 g/mol. The maximum absolute atomic E-state index is 11.2. The molecule has 2 heterocycles. The first kappa shape index (κ1) is 9.36. The summed E-state index contributed by atoms with van der Waals surface area (Å²) in [5.41, 5.74) is 0.603. The summed E-state index contributed by atoms with van der Waals surface area (Å²) in [4.78, 5) is 18.8. The molecule has 0 aliphatic carbocycles. The van der Waals surface area contributed by atoms with Gasteiger partial charge in [0.2, 0.25) is 0 Å². The van der Waals surface area contributed by atoms with E-state index in [9.17, 15) is 4.79 Å². The van der Waals surface area contributed by atoms with Crippen molar-refractivity contribution >= 4 is 23.6 Å². The number of aryl methyl sites for hydroxylation is 1. The van der Waals surface area contributed by atoms with Gasteiger partial charge in [-0.1, -0.05) is 0 Å². The zero-order valence-corrected chi connectivity index (χ0v) is 9.09. The molecule has 0 saturated heterocycles. The van der Waals surface area contributed by atoms with Gasteiger partial charge < -0.3 is 4.98 Å². The van der Waals surface area contributed by atoms with E-state index in [1.807, 2.05) is 19.1 Å². The lowest BCUT2D eigenvalue weighted by Crippen LogP contribution is -2.05. The van der Waals surface area contributed by atoms with Crippen LogP contribution in [0.4, 0.5) is 0 Å². The lowest BCUT2D eigenvalue weighted by Gasteiger charge is -1.95. The number of thiophene rings is 1. The summed E-state index contributed by atoms with van der Waals surface area (Å²) in [5.74, 6) is 0. The van der Waals surface area contributed by atoms with Gasteiger partial charge in [-0.2, -0.15) is 0 Å². The molecule has 0 spiro atoms. The number of hydrogen-bond donors (Lipinski definition) is 2. The molecule has 2 aromatic heterocycles. The number of hydrogen-bond acceptors (Lipinski definition) is 3. The molecule has 72 valence electrons. The standard InChI is InChI=1S/C9H8N2OS2/c1-5-2-3-7(14-5)6-4-8(12)11-9(13)10-6/h2-4H,1H3,(H2,10,11,12,13). The Morgan fingerprint density at radius 1 is 1.36 bits per heavy atom. The molecule has 0 fully saturated rings. The summed E-state index contributed by atoms with van der Waals surface area (Å²) in [5, 5.41) is 0. The third kappa shape index (κ3) is 1.83. The quantitative estimate of drug-likeness (QED) is 0.731. The van der Waals surface area contributed by atoms with Crippen molar-refractivity contribution in [3.8, 4) is 10.6 Å². The minimum Gasteiger partial charge on any atom is -0.331 e. The molecule has 14 heavy (non-hydrogen) atoms. The van der Waals surface area contributed by atoms with Crippen LogP contribution < -0.4 is 5.56 Å². The highest BCUT2D eigenvalue weighted by Gasteiger charge is 2.01. The number of aromatic amines is 2. The van der Waals surface area contributed by atoms with Crippen molar-refractivity contribution in [3.63, 3.8) is 0 Å². The van der Waals surface area contributed by atoms with Crippen LogP contribution in [0.1, 0.15) is 4.88 Å². The van der Waals surface area contributed by atoms with Crippen LogP contribution in [0.15, 0.2) is 23.0 Å². The predicted molar refractivity (Wildman–Crippen MR) is 60.3 cm³/mol. The predicted octanol–water partition coefficient (Wildman–Crippen LogP) is 2.47. The summed E-state index contributed by atoms with van der Waals surface area (Å²) < 4.78 is 0.360. The van der Waals surface area contributed by atoms with Gasteiger partial charge >= 0.3 is 0 Å². The van der Waals surface area contributed by atoms with Crippen molar-refractivity contribution < 1.29 is 0 Å². The van der Waals surface area contributed by atoms with Crippen molar-refractivity contribution in [3.05, 3.63) is 38.2 Å². The smallest absolute Gasteiger partial charge is 0.252 e. The first-order valence-corrected chi connectivity index (χ1v) is 5.28. The second-order valence-corrected chi connectivity index (χ2v) is 4.61. The van der Waals surface area contributed by atoms with Gasteiger partial charge in [-0.15, -0.1) is 11.3 Å². The van der Waals surface area contributed by atoms with Gasteiger partial charge in [-0.05, 0) is 31.3 Å². The molecule has 0 radical (unpaired) electrons. The molecule has 2 aromatic rings. The zero-order chi connectivity index (χ0) is 10.1. The fourth-order valence-electron chi connectivity index (χ4n) is 1.18. The highest BCUT2D eigenvalue weighted by Crippen LogP contribution is 2.24. The molecule has 2 N–H and O–H groups in total. The minimum absolute atomic E-state index is 0.171. The highest BCUT2D eigenvalue weighted by molar-refractivity contribution is 7.71. The Labute approximate surface area is 89.5 Å². The maximum atomic E-state index is 11.2. The van der Waals surface area contributed by atoms with Crippen LogP contribution in [0.25, 0.3) is 10.6 Å². The summed E-state index contributed by atoms with van der Waals surface area (Å²) in [6.07, 6.45) is 0. The molecule has 5 heteroatoms. The molecule has 0 amide bonds. The fraction of sp³-hybridized carbons (Fsp3) is 0.111. The van der Waals surface area contributed by atoms with Crippen LogP contribution in [-0.4, -0.2) is 9.97 Å². The van der Waals surface area contributed by atoms with E-state index in [4.69, 9.17) is 12.2 Å². The average molecular weight is 224 g/mol. The monoisotopic (exact) mass is 224 g/mol. The van der Waals surface area contributed by atoms with Gasteiger partial charge in [-0.3, -0.25) is 9.78 Å². The Bertz CT molecular complexity index is 536. The van der Waals surface area contributed by atoms with E-state index in [-0.39, 0.29) is 5.56 Å². The lowest BCUT2D eigenvalue weighted by atomic mass is 10.3. The third-order valence-corrected chi connectivity index (χ3v) is 3.00. The second-order valence-electron chi connectivity index (χ2n) is 2.91. The Balaban J connectivity index is 2.62. The third-order valence-electron chi connectivity index (χ3n) is 1.77. The van der Waals surface area contributed by atoms with E-state index in [2.05, 4.69) is 9.97 Å². The van der Waals surface area contributed by atoms with Gasteiger partial charge in [0.25, 0.3) is 5.56 Å². The molecule has 0 atom stereocenters. The van der Waals surface area contributed by atoms with Crippen molar-refractivity contribution in [1.82, 2.24) is 9.97 Å². The first-order chi connectivity index (χ1) is 6.65. The molecule has 0 aliphatic rings. The fourth-order valence-corrected chi connectivity index (χ4v) is 2.23. The van der Waals surface area contributed by atoms with Crippen LogP contribution in [0.3, 0.4) is 0 Å². The van der Waals surface area contributed by atoms with Crippen molar-refractivity contribution in [2.45, 2.75) is 6.92 Å². The molecule has 2 rings (SSSR count). The van der Waals surface area contributed by atoms with Crippen LogP contribution in [0.5, 0.6) is 0 Å². The molecule has 0 saturated carbocycles. The average Bonchev–Trinajstić information content (AvgIpc) is 2.50. The molecule has 0 aromatic carbocycles. The Morgan fingerprint density at radius 3 is 2.71 bits per heavy atom. The first-order valence-electron chi connectivity index (χ1n) is 4.05. The van der Waals surface area contributed by atoms with Crippen molar-refractivity contribution in [2.24, 2.45) is 0 Å². The Hall–Kier alpha value is -1.20. The van der Waals surface area contributed by atoms with E-state index >= 15 is 0 Å². The molecular formula is C9H8N2OS2. The van der Waals surface area contributed by atoms with Gasteiger partial charge in [0.15, 0.2) is 4.77 Å². The van der Waals surface area contributed by atoms with Crippen LogP contribution >= 0.6 is 23.6 Å². The van der Waals surface area contributed by atoms with E-state index in [1.54, 1.807) is 11.3 Å². The summed E-state index contributed by atoms with van der Waals surface area (Å²) >= 11 is 6.52. The van der Waals surface area contributed by atoms with Crippen molar-refractivity contribution in [1.29, 1.82) is 0 Å². The molecule has 0 aliphatic heterocycles. The zero-order valence-electron chi connectivity index (χ0n) is 7.46. The van der Waals surface area contributed by atoms with Gasteiger partial charge in [-0.25, -0.2) is 0 Å². The molecule has 3 nitrogen and oxygen atoms in total. The summed E-state index contributed by atoms with van der Waals surface area (Å²) in [6, 6.07) is 5.50. The number of aromatic nitrogens is 2. The van der Waals surface area contributed by atoms with Gasteiger partial charge in [0.1, 0.15) is 0 Å². The van der Waals surface area contributed by atoms with Crippen LogP contribution in [0.2, 0.25) is 0 Å². The van der Waals surface area contributed by atoms with Gasteiger partial charge in [0.05, 0.1) is 10.6 Å². The Kier molecular flexibility index (Phi) is 2.35. The minimum atomic E-state index is -0.171. The summed E-state index contributed by atoms with van der Waals surface area (Å²) in [6.45, 7) is 2.02. The largest absolute Gasteiger partial charge is 0.331 e. The van der Waals surface area contributed by atoms with Gasteiger partial charge in [0, 0.05) is 10.9 Å². The molecule has 0 bridgehead atoms. The molecule has 0 unspecified atom stereocenters. The number of rotatable bonds is 1. The maximum Gasteiger partial charge on any atom is 0.252 e. The van der Waals surface area contributed by atoms with Crippen LogP contribution in [0, 0.1) is 11.7 Å². The summed E-state index contributed by atoms with van der Waals surface area (Å²) in [7, 11) is 0. The second kappa shape index (κ2) is 3.51. The highest BCUT2D eigenvalue weighted by atomic mass is 32.1. The SMILES string of the molecule is Cc1ccc(-c2cc(=O)[nH]c(=S)[nH]2)s1. The van der Waals surface area contributed by atoms with E-state index in [1.165, 1.54) is 10.9 Å². The van der Waals surface area contributed by atoms with E-state index in [0.29, 0.717) is 4.77 Å². The lowest BCUT2D eigenvalue weighted by molar-refractivity contribution is 1.10. The van der Waals surface area contributed by atoms with E-state index in [0.717, 1.165) is 10.6 Å². The topological polar surface area (TPSA) is 48.6 Å². The normalized spacial score (nSPS) is 10.4. The van der Waals surface area contributed by atoms with Crippen molar-refractivity contribution in [2.75, 3.05) is 0 Å². The Morgan fingerprint density at radius 2 is 2.14 bits per heavy atom. The number of nitrogens with one attached hydrogen (secondary N) is 2. The number of H-pyrrole nitrogens is 2.